The van der Waals surface area contributed by atoms with Gasteiger partial charge in [-0.05, 0) is 36.5 Å². The summed E-state index contributed by atoms with van der Waals surface area (Å²) in [6, 6.07) is 5.77. The highest BCUT2D eigenvalue weighted by Crippen LogP contribution is 2.36. The number of hydrogen-bond acceptors (Lipinski definition) is 6. The summed E-state index contributed by atoms with van der Waals surface area (Å²) in [4.78, 5) is 15.4. The van der Waals surface area contributed by atoms with E-state index in [2.05, 4.69) is 9.59 Å². The molecule has 0 spiro atoms. The monoisotopic (exact) mass is 333 g/mol. The first-order chi connectivity index (χ1) is 11.1. The third-order valence-corrected chi connectivity index (χ3v) is 4.84. The Balaban J connectivity index is 1.70. The van der Waals surface area contributed by atoms with Crippen LogP contribution in [-0.2, 0) is 17.8 Å². The molecule has 23 heavy (non-hydrogen) atoms. The van der Waals surface area contributed by atoms with E-state index in [9.17, 15) is 4.79 Å². The second-order valence-corrected chi connectivity index (χ2v) is 6.48. The third kappa shape index (κ3) is 3.14. The number of carbonyl (C=O) groups excluding carboxylic acids is 1. The number of amides is 1. The minimum atomic E-state index is -0.180. The summed E-state index contributed by atoms with van der Waals surface area (Å²) >= 11 is 1.33. The smallest absolute Gasteiger partial charge is 0.229 e. The quantitative estimate of drug-likeness (QED) is 0.857. The summed E-state index contributed by atoms with van der Waals surface area (Å²) in [5.41, 5.74) is 1.89. The maximum absolute atomic E-state index is 12.7. The highest BCUT2D eigenvalue weighted by atomic mass is 32.1. The van der Waals surface area contributed by atoms with Crippen molar-refractivity contribution in [1.82, 2.24) is 14.5 Å². The van der Waals surface area contributed by atoms with Gasteiger partial charge in [0.1, 0.15) is 6.61 Å². The molecule has 0 radical (unpaired) electrons. The van der Waals surface area contributed by atoms with Crippen molar-refractivity contribution in [2.75, 3.05) is 20.8 Å². The average molecular weight is 333 g/mol. The molecule has 1 aliphatic heterocycles. The zero-order valence-corrected chi connectivity index (χ0v) is 14.2. The van der Waals surface area contributed by atoms with E-state index >= 15 is 0 Å². The van der Waals surface area contributed by atoms with Crippen LogP contribution in [0.2, 0.25) is 0 Å². The number of aromatic nitrogens is 2. The average Bonchev–Trinajstić information content (AvgIpc) is 2.97. The van der Waals surface area contributed by atoms with Crippen molar-refractivity contribution >= 4 is 17.4 Å². The van der Waals surface area contributed by atoms with Crippen molar-refractivity contribution in [2.45, 2.75) is 19.9 Å². The summed E-state index contributed by atoms with van der Waals surface area (Å²) < 4.78 is 15.0. The minimum Gasteiger partial charge on any atom is -0.493 e. The predicted molar refractivity (Wildman–Crippen MR) is 86.8 cm³/mol. The summed E-state index contributed by atoms with van der Waals surface area (Å²) in [5, 5.41) is 3.98. The zero-order chi connectivity index (χ0) is 16.4. The van der Waals surface area contributed by atoms with Crippen molar-refractivity contribution < 1.29 is 14.3 Å². The predicted octanol–water partition coefficient (Wildman–Crippen LogP) is 2.06. The van der Waals surface area contributed by atoms with Gasteiger partial charge in [0.05, 0.1) is 30.1 Å². The van der Waals surface area contributed by atoms with Gasteiger partial charge >= 0.3 is 0 Å². The highest BCUT2D eigenvalue weighted by molar-refractivity contribution is 7.05. The molecule has 6 nitrogen and oxygen atoms in total. The molecular weight excluding hydrogens is 314 g/mol. The van der Waals surface area contributed by atoms with E-state index in [1.54, 1.807) is 12.0 Å². The third-order valence-electron chi connectivity index (χ3n) is 4.03. The molecule has 3 rings (SSSR count). The molecule has 2 aromatic rings. The van der Waals surface area contributed by atoms with Crippen molar-refractivity contribution in [3.8, 4) is 11.5 Å². The first kappa shape index (κ1) is 15.7. The fourth-order valence-corrected chi connectivity index (χ4v) is 3.40. The maximum Gasteiger partial charge on any atom is 0.229 e. The van der Waals surface area contributed by atoms with Gasteiger partial charge in [0.2, 0.25) is 5.91 Å². The van der Waals surface area contributed by atoms with E-state index in [0.717, 1.165) is 21.9 Å². The largest absolute Gasteiger partial charge is 0.493 e. The van der Waals surface area contributed by atoms with Crippen LogP contribution in [-0.4, -0.2) is 41.2 Å². The first-order valence-corrected chi connectivity index (χ1v) is 8.19. The molecule has 1 aromatic heterocycles. The fourth-order valence-electron chi connectivity index (χ4n) is 2.71. The number of ether oxygens (including phenoxy) is 2. The highest BCUT2D eigenvalue weighted by Gasteiger charge is 2.30. The summed E-state index contributed by atoms with van der Waals surface area (Å²) in [7, 11) is 3.43. The van der Waals surface area contributed by atoms with Crippen LogP contribution in [0.4, 0.5) is 0 Å². The van der Waals surface area contributed by atoms with Crippen molar-refractivity contribution in [3.05, 3.63) is 34.3 Å². The van der Waals surface area contributed by atoms with Crippen molar-refractivity contribution in [3.63, 3.8) is 0 Å². The van der Waals surface area contributed by atoms with Crippen molar-refractivity contribution in [2.24, 2.45) is 5.92 Å². The Kier molecular flexibility index (Phi) is 4.47. The number of para-hydroxylation sites is 1. The first-order valence-electron chi connectivity index (χ1n) is 7.41. The van der Waals surface area contributed by atoms with Crippen LogP contribution in [0.15, 0.2) is 18.2 Å². The van der Waals surface area contributed by atoms with Crippen LogP contribution in [0.3, 0.4) is 0 Å². The van der Waals surface area contributed by atoms with E-state index in [1.807, 2.05) is 32.2 Å². The van der Waals surface area contributed by atoms with E-state index in [1.165, 1.54) is 11.5 Å². The molecule has 0 unspecified atom stereocenters. The van der Waals surface area contributed by atoms with Crippen LogP contribution in [0, 0.1) is 12.8 Å². The van der Waals surface area contributed by atoms with Crippen LogP contribution in [0.5, 0.6) is 11.5 Å². The van der Waals surface area contributed by atoms with E-state index in [-0.39, 0.29) is 11.8 Å². The lowest BCUT2D eigenvalue weighted by Crippen LogP contribution is -2.38. The Labute approximate surface area is 139 Å². The Morgan fingerprint density at radius 1 is 1.52 bits per heavy atom. The Hall–Kier alpha value is -2.15. The van der Waals surface area contributed by atoms with Gasteiger partial charge in [-0.25, -0.2) is 0 Å². The van der Waals surface area contributed by atoms with E-state index in [0.29, 0.717) is 25.3 Å². The molecule has 1 aromatic carbocycles. The number of fused-ring (bicyclic) bond motifs is 1. The lowest BCUT2D eigenvalue weighted by Gasteiger charge is -2.28. The van der Waals surface area contributed by atoms with Gasteiger partial charge in [0.25, 0.3) is 0 Å². The number of nitrogens with zero attached hydrogens (tertiary/aromatic N) is 3. The summed E-state index contributed by atoms with van der Waals surface area (Å²) in [5.74, 6) is 1.37. The molecule has 1 atom stereocenters. The molecule has 1 aliphatic rings. The number of benzene rings is 1. The molecule has 0 saturated heterocycles. The molecule has 0 N–H and O–H groups in total. The number of hydrogen-bond donors (Lipinski definition) is 0. The molecular formula is C16H19N3O3S. The Morgan fingerprint density at radius 3 is 3.04 bits per heavy atom. The molecule has 0 fully saturated rings. The second-order valence-electron chi connectivity index (χ2n) is 5.64. The van der Waals surface area contributed by atoms with Crippen LogP contribution >= 0.6 is 11.5 Å². The van der Waals surface area contributed by atoms with Gasteiger partial charge in [-0.2, -0.15) is 0 Å². The number of methoxy groups -OCH3 is 1. The van der Waals surface area contributed by atoms with Gasteiger partial charge in [-0.1, -0.05) is 16.6 Å². The van der Waals surface area contributed by atoms with Crippen LogP contribution < -0.4 is 9.47 Å². The van der Waals surface area contributed by atoms with Crippen LogP contribution in [0.1, 0.15) is 16.1 Å². The molecule has 122 valence electrons. The molecule has 7 heteroatoms. The normalized spacial score (nSPS) is 16.4. The number of rotatable bonds is 4. The van der Waals surface area contributed by atoms with Gasteiger partial charge in [0.15, 0.2) is 11.5 Å². The fraction of sp³-hybridized carbons (Fsp3) is 0.438. The van der Waals surface area contributed by atoms with Crippen LogP contribution in [0.25, 0.3) is 0 Å². The maximum atomic E-state index is 12.7. The standard InChI is InChI=1S/C16H19N3O3S/c1-10-14(23-18-17-10)8-19(2)16(20)12-7-11-5-4-6-13(21-3)15(11)22-9-12/h4-6,12H,7-9H2,1-3H3/t12-/m0/s1. The minimum absolute atomic E-state index is 0.0752. The molecule has 0 saturated carbocycles. The molecule has 0 bridgehead atoms. The van der Waals surface area contributed by atoms with Gasteiger partial charge in [0, 0.05) is 7.05 Å². The lowest BCUT2D eigenvalue weighted by atomic mass is 9.95. The Bertz CT molecular complexity index is 716. The lowest BCUT2D eigenvalue weighted by molar-refractivity contribution is -0.136. The topological polar surface area (TPSA) is 64.6 Å². The molecule has 1 amide bonds. The van der Waals surface area contributed by atoms with E-state index < -0.39 is 0 Å². The van der Waals surface area contributed by atoms with Gasteiger partial charge in [-0.15, -0.1) is 5.10 Å². The molecule has 2 heterocycles. The molecule has 0 aliphatic carbocycles. The van der Waals surface area contributed by atoms with Gasteiger partial charge < -0.3 is 14.4 Å². The van der Waals surface area contributed by atoms with Gasteiger partial charge in [-0.3, -0.25) is 4.79 Å². The van der Waals surface area contributed by atoms with E-state index in [4.69, 9.17) is 9.47 Å². The second kappa shape index (κ2) is 6.54. The Morgan fingerprint density at radius 2 is 2.35 bits per heavy atom. The zero-order valence-electron chi connectivity index (χ0n) is 13.4. The SMILES string of the molecule is COc1cccc2c1OC[C@@H](C(=O)N(C)Cc1snnc1C)C2. The number of carbonyl (C=O) groups is 1. The number of aryl methyl sites for hydroxylation is 1. The van der Waals surface area contributed by atoms with Crippen molar-refractivity contribution in [1.29, 1.82) is 0 Å². The summed E-state index contributed by atoms with van der Waals surface area (Å²) in [6.45, 7) is 2.81. The summed E-state index contributed by atoms with van der Waals surface area (Å²) in [6.07, 6.45) is 0.662.